The number of hydrogen-bond donors (Lipinski definition) is 0. The van der Waals surface area contributed by atoms with Crippen molar-refractivity contribution in [2.24, 2.45) is 0 Å². The Bertz CT molecular complexity index is 537. The molecule has 23 heavy (non-hydrogen) atoms. The van der Waals surface area contributed by atoms with Gasteiger partial charge in [0.2, 0.25) is 18.2 Å². The van der Waals surface area contributed by atoms with Crippen LogP contribution in [0.25, 0.3) is 0 Å². The van der Waals surface area contributed by atoms with Crippen molar-refractivity contribution in [3.63, 3.8) is 0 Å². The van der Waals surface area contributed by atoms with Gasteiger partial charge >= 0.3 is 0 Å². The monoisotopic (exact) mass is 317 g/mol. The molecule has 1 aromatic rings. The first-order valence-electron chi connectivity index (χ1n) is 8.23. The average molecular weight is 317 g/mol. The van der Waals surface area contributed by atoms with E-state index in [0.717, 1.165) is 13.1 Å². The van der Waals surface area contributed by atoms with Gasteiger partial charge in [-0.1, -0.05) is 0 Å². The molecule has 0 bridgehead atoms. The number of morpholine rings is 1. The van der Waals surface area contributed by atoms with E-state index < -0.39 is 0 Å². The maximum atomic E-state index is 10.2. The van der Waals surface area contributed by atoms with Crippen LogP contribution >= 0.6 is 0 Å². The van der Waals surface area contributed by atoms with Gasteiger partial charge in [0.05, 0.1) is 13.2 Å². The summed E-state index contributed by atoms with van der Waals surface area (Å²) in [6.45, 7) is 11.4. The fourth-order valence-electron chi connectivity index (χ4n) is 4.03. The predicted molar refractivity (Wildman–Crippen MR) is 87.5 cm³/mol. The number of rotatable bonds is 2. The Morgan fingerprint density at radius 3 is 2.22 bits per heavy atom. The summed E-state index contributed by atoms with van der Waals surface area (Å²) >= 11 is 0. The molecule has 0 N–H and O–H groups in total. The van der Waals surface area contributed by atoms with Crippen LogP contribution in [0.4, 0.5) is 11.9 Å². The van der Waals surface area contributed by atoms with Gasteiger partial charge in [0.1, 0.15) is 0 Å². The lowest BCUT2D eigenvalue weighted by atomic mass is 9.77. The highest BCUT2D eigenvalue weighted by molar-refractivity contribution is 5.44. The van der Waals surface area contributed by atoms with Crippen molar-refractivity contribution in [3.05, 3.63) is 6.33 Å². The minimum atomic E-state index is -0.305. The predicted octanol–water partition coefficient (Wildman–Crippen LogP) is 1.10. The molecule has 125 valence electrons. The summed E-state index contributed by atoms with van der Waals surface area (Å²) in [6.07, 6.45) is 4.14. The molecule has 0 saturated carbocycles. The number of ether oxygens (including phenoxy) is 1. The lowest BCUT2D eigenvalue weighted by Gasteiger charge is -2.54. The van der Waals surface area contributed by atoms with Gasteiger partial charge < -0.3 is 14.5 Å². The van der Waals surface area contributed by atoms with Crippen molar-refractivity contribution >= 4 is 11.9 Å². The first-order chi connectivity index (χ1) is 10.8. The lowest BCUT2D eigenvalue weighted by molar-refractivity contribution is 0.122. The van der Waals surface area contributed by atoms with E-state index in [0.29, 0.717) is 38.0 Å². The molecule has 7 nitrogen and oxygen atoms in total. The molecule has 2 fully saturated rings. The maximum Gasteiger partial charge on any atom is 0.231 e. The van der Waals surface area contributed by atoms with Crippen LogP contribution in [0.1, 0.15) is 40.5 Å². The average Bonchev–Trinajstić information content (AvgIpc) is 2.45. The van der Waals surface area contributed by atoms with Gasteiger partial charge in [-0.2, -0.15) is 15.0 Å². The lowest BCUT2D eigenvalue weighted by Crippen LogP contribution is -2.63. The molecule has 2 aliphatic heterocycles. The Kier molecular flexibility index (Phi) is 4.18. The first-order valence-corrected chi connectivity index (χ1v) is 8.23. The quantitative estimate of drug-likeness (QED) is 0.813. The zero-order chi connectivity index (χ0) is 16.7. The van der Waals surface area contributed by atoms with Crippen LogP contribution in [0.2, 0.25) is 0 Å². The number of nitrogens with zero attached hydrogens (tertiary/aromatic N) is 6. The Morgan fingerprint density at radius 1 is 1.04 bits per heavy atom. The van der Waals surface area contributed by atoms with E-state index in [1.807, 2.05) is 0 Å². The van der Waals surface area contributed by atoms with Crippen LogP contribution in [0.5, 0.6) is 0 Å². The standard InChI is InChI=1S/C16H25N6O/c1-15(2)9-12(17)10-16(3,4)22(15)14-19-11-18-13(20-14)21-5-7-23-8-6-21/h12H,5-10H2,1-4H3. The fourth-order valence-corrected chi connectivity index (χ4v) is 4.03. The van der Waals surface area contributed by atoms with E-state index in [-0.39, 0.29) is 17.1 Å². The van der Waals surface area contributed by atoms with Crippen molar-refractivity contribution in [1.29, 1.82) is 0 Å². The van der Waals surface area contributed by atoms with Crippen molar-refractivity contribution < 1.29 is 4.74 Å². The van der Waals surface area contributed by atoms with Gasteiger partial charge in [-0.05, 0) is 40.5 Å². The Labute approximate surface area is 138 Å². The second-order valence-electron chi connectivity index (χ2n) is 7.66. The molecule has 0 aliphatic carbocycles. The minimum Gasteiger partial charge on any atom is -0.378 e. The number of piperidine rings is 1. The molecular weight excluding hydrogens is 292 g/mol. The summed E-state index contributed by atoms with van der Waals surface area (Å²) in [7, 11) is 0. The molecule has 1 aromatic heterocycles. The summed E-state index contributed by atoms with van der Waals surface area (Å²) in [5.41, 5.74) is 9.72. The smallest absolute Gasteiger partial charge is 0.231 e. The highest BCUT2D eigenvalue weighted by Gasteiger charge is 2.46. The molecule has 2 aliphatic rings. The van der Waals surface area contributed by atoms with E-state index in [1.54, 1.807) is 0 Å². The third-order valence-electron chi connectivity index (χ3n) is 4.67. The summed E-state index contributed by atoms with van der Waals surface area (Å²) < 4.78 is 5.38. The number of anilines is 2. The molecule has 0 atom stereocenters. The molecule has 0 spiro atoms. The van der Waals surface area contributed by atoms with Crippen LogP contribution < -0.4 is 15.5 Å². The van der Waals surface area contributed by atoms with Crippen molar-refractivity contribution in [3.8, 4) is 0 Å². The fraction of sp³-hybridized carbons (Fsp3) is 0.812. The van der Waals surface area contributed by atoms with Gasteiger partial charge in [-0.25, -0.2) is 0 Å². The maximum absolute atomic E-state index is 10.2. The van der Waals surface area contributed by atoms with Gasteiger partial charge in [0.15, 0.2) is 0 Å². The van der Waals surface area contributed by atoms with Crippen molar-refractivity contribution in [1.82, 2.24) is 20.7 Å². The van der Waals surface area contributed by atoms with Gasteiger partial charge in [0.25, 0.3) is 0 Å². The summed E-state index contributed by atoms with van der Waals surface area (Å²) in [6, 6.07) is -0.305. The van der Waals surface area contributed by atoms with Crippen LogP contribution in [-0.2, 0) is 4.74 Å². The van der Waals surface area contributed by atoms with Crippen LogP contribution in [0.15, 0.2) is 0 Å². The Hall–Kier alpha value is -1.47. The van der Waals surface area contributed by atoms with Gasteiger partial charge in [-0.15, -0.1) is 5.73 Å². The Balaban J connectivity index is 1.93. The van der Waals surface area contributed by atoms with Gasteiger partial charge in [-0.3, -0.25) is 0 Å². The Morgan fingerprint density at radius 2 is 1.61 bits per heavy atom. The highest BCUT2D eigenvalue weighted by Crippen LogP contribution is 2.40. The van der Waals surface area contributed by atoms with E-state index in [2.05, 4.69) is 53.8 Å². The van der Waals surface area contributed by atoms with E-state index in [9.17, 15) is 5.73 Å². The zero-order valence-corrected chi connectivity index (χ0v) is 14.4. The van der Waals surface area contributed by atoms with Crippen LogP contribution in [-0.4, -0.2) is 58.4 Å². The second-order valence-corrected chi connectivity index (χ2v) is 7.66. The third kappa shape index (κ3) is 3.26. The zero-order valence-electron chi connectivity index (χ0n) is 14.4. The highest BCUT2D eigenvalue weighted by atomic mass is 16.5. The second kappa shape index (κ2) is 5.87. The molecule has 2 saturated heterocycles. The molecule has 0 aromatic carbocycles. The molecule has 7 heteroatoms. The number of aromatic nitrogens is 3. The summed E-state index contributed by atoms with van der Waals surface area (Å²) in [4.78, 5) is 17.5. The molecule has 3 rings (SSSR count). The van der Waals surface area contributed by atoms with Crippen LogP contribution in [0.3, 0.4) is 0 Å². The first kappa shape index (κ1) is 16.4. The van der Waals surface area contributed by atoms with E-state index in [1.165, 1.54) is 0 Å². The largest absolute Gasteiger partial charge is 0.378 e. The number of hydrogen-bond acceptors (Lipinski definition) is 6. The van der Waals surface area contributed by atoms with Crippen molar-refractivity contribution in [2.75, 3.05) is 36.1 Å². The molecule has 0 unspecified atom stereocenters. The summed E-state index contributed by atoms with van der Waals surface area (Å²) in [5.74, 6) is 1.28. The van der Waals surface area contributed by atoms with Gasteiger partial charge in [0, 0.05) is 30.2 Å². The van der Waals surface area contributed by atoms with Crippen molar-refractivity contribution in [2.45, 2.75) is 57.7 Å². The molecule has 3 radical (unpaired) electrons. The minimum absolute atomic E-state index is 0.237. The summed E-state index contributed by atoms with van der Waals surface area (Å²) in [5, 5.41) is 0. The topological polar surface area (TPSA) is 76.7 Å². The van der Waals surface area contributed by atoms with E-state index >= 15 is 0 Å². The normalized spacial score (nSPS) is 24.7. The SMILES string of the molecule is CC1(C)CC([N])CC(C)(C)N1c1n[c]nc(N2CCOCC2)n1. The molecular formula is C16H25N6O. The molecule has 3 heterocycles. The third-order valence-corrected chi connectivity index (χ3v) is 4.67. The van der Waals surface area contributed by atoms with E-state index in [4.69, 9.17) is 9.72 Å². The molecule has 0 amide bonds. The van der Waals surface area contributed by atoms with Crippen LogP contribution in [0, 0.1) is 6.33 Å².